The molecule has 0 amide bonds. The van der Waals surface area contributed by atoms with Crippen LogP contribution in [0.25, 0.3) is 0 Å². The van der Waals surface area contributed by atoms with E-state index < -0.39 is 0 Å². The summed E-state index contributed by atoms with van der Waals surface area (Å²) in [6.07, 6.45) is 0. The number of rotatable bonds is 1. The molecule has 1 aromatic rings. The largest absolute Gasteiger partial charge is 0.192 e. The molecule has 0 radical (unpaired) electrons. The van der Waals surface area contributed by atoms with E-state index in [1.165, 1.54) is 5.56 Å². The van der Waals surface area contributed by atoms with Gasteiger partial charge in [0, 0.05) is 5.88 Å². The van der Waals surface area contributed by atoms with Gasteiger partial charge in [-0.1, -0.05) is 6.07 Å². The van der Waals surface area contributed by atoms with Crippen LogP contribution in [-0.4, -0.2) is 0 Å². The van der Waals surface area contributed by atoms with Crippen molar-refractivity contribution in [1.29, 1.82) is 5.26 Å². The van der Waals surface area contributed by atoms with Crippen molar-refractivity contribution in [3.63, 3.8) is 0 Å². The molecule has 0 aliphatic rings. The highest BCUT2D eigenvalue weighted by atomic mass is 35.5. The first-order valence-corrected chi connectivity index (χ1v) is 4.29. The normalized spacial score (nSPS) is 9.50. The molecule has 12 heavy (non-hydrogen) atoms. The van der Waals surface area contributed by atoms with Crippen molar-refractivity contribution in [3.8, 4) is 6.07 Å². The van der Waals surface area contributed by atoms with Crippen molar-refractivity contribution in [1.82, 2.24) is 0 Å². The summed E-state index contributed by atoms with van der Waals surface area (Å²) in [6, 6.07) is 5.90. The molecule has 0 bridgehead atoms. The Balaban J connectivity index is 3.38. The maximum absolute atomic E-state index is 8.76. The van der Waals surface area contributed by atoms with Gasteiger partial charge >= 0.3 is 0 Å². The van der Waals surface area contributed by atoms with E-state index >= 15 is 0 Å². The van der Waals surface area contributed by atoms with Crippen molar-refractivity contribution >= 4 is 11.6 Å². The molecule has 1 aromatic carbocycles. The minimum Gasteiger partial charge on any atom is -0.192 e. The molecule has 0 aliphatic heterocycles. The molecule has 0 saturated heterocycles. The second-order valence-corrected chi connectivity index (χ2v) is 3.05. The van der Waals surface area contributed by atoms with E-state index in [9.17, 15) is 0 Å². The average Bonchev–Trinajstić information content (AvgIpc) is 2.09. The Morgan fingerprint density at radius 3 is 2.58 bits per heavy atom. The average molecular weight is 180 g/mol. The van der Waals surface area contributed by atoms with E-state index in [1.54, 1.807) is 0 Å². The first-order valence-electron chi connectivity index (χ1n) is 3.76. The van der Waals surface area contributed by atoms with Crippen LogP contribution in [0, 0.1) is 25.2 Å². The lowest BCUT2D eigenvalue weighted by Crippen LogP contribution is -1.93. The van der Waals surface area contributed by atoms with Gasteiger partial charge in [-0.3, -0.25) is 0 Å². The summed E-state index contributed by atoms with van der Waals surface area (Å²) in [5.41, 5.74) is 3.96. The van der Waals surface area contributed by atoms with Crippen LogP contribution in [-0.2, 0) is 5.88 Å². The molecule has 0 aromatic heterocycles. The Bertz CT molecular complexity index is 336. The third-order valence-electron chi connectivity index (χ3n) is 2.12. The minimum atomic E-state index is 0.413. The maximum atomic E-state index is 8.76. The lowest BCUT2D eigenvalue weighted by atomic mass is 10.00. The first-order chi connectivity index (χ1) is 5.70. The molecule has 2 heteroatoms. The van der Waals surface area contributed by atoms with Gasteiger partial charge in [0.05, 0.1) is 11.6 Å². The molecule has 0 atom stereocenters. The van der Waals surface area contributed by atoms with E-state index in [4.69, 9.17) is 16.9 Å². The van der Waals surface area contributed by atoms with Crippen molar-refractivity contribution in [2.24, 2.45) is 0 Å². The van der Waals surface area contributed by atoms with Gasteiger partial charge in [-0.15, -0.1) is 11.6 Å². The zero-order chi connectivity index (χ0) is 9.14. The molecule has 0 fully saturated rings. The third kappa shape index (κ3) is 1.44. The van der Waals surface area contributed by atoms with Gasteiger partial charge in [-0.2, -0.15) is 5.26 Å². The number of hydrogen-bond donors (Lipinski definition) is 0. The molecule has 0 unspecified atom stereocenters. The molecule has 0 spiro atoms. The highest BCUT2D eigenvalue weighted by Gasteiger charge is 2.05. The number of benzene rings is 1. The quantitative estimate of drug-likeness (QED) is 0.609. The fourth-order valence-corrected chi connectivity index (χ4v) is 1.50. The second-order valence-electron chi connectivity index (χ2n) is 2.78. The number of alkyl halides is 1. The highest BCUT2D eigenvalue weighted by Crippen LogP contribution is 2.19. The molecule has 1 nitrogen and oxygen atoms in total. The molecular formula is C10H10ClN. The summed E-state index contributed by atoms with van der Waals surface area (Å²) >= 11 is 5.74. The van der Waals surface area contributed by atoms with Crippen LogP contribution in [0.2, 0.25) is 0 Å². The summed E-state index contributed by atoms with van der Waals surface area (Å²) in [6.45, 7) is 4.01. The molecule has 0 aliphatic carbocycles. The van der Waals surface area contributed by atoms with E-state index in [0.717, 1.165) is 11.1 Å². The SMILES string of the molecule is Cc1ccc(C#N)c(CCl)c1C. The fraction of sp³-hybridized carbons (Fsp3) is 0.300. The monoisotopic (exact) mass is 179 g/mol. The second kappa shape index (κ2) is 3.60. The van der Waals surface area contributed by atoms with E-state index in [2.05, 4.69) is 6.07 Å². The van der Waals surface area contributed by atoms with Gasteiger partial charge in [-0.05, 0) is 36.6 Å². The zero-order valence-corrected chi connectivity index (χ0v) is 7.94. The Labute approximate surface area is 77.6 Å². The van der Waals surface area contributed by atoms with Crippen LogP contribution in [0.5, 0.6) is 0 Å². The summed E-state index contributed by atoms with van der Waals surface area (Å²) in [7, 11) is 0. The third-order valence-corrected chi connectivity index (χ3v) is 2.39. The summed E-state index contributed by atoms with van der Waals surface area (Å²) in [5.74, 6) is 0.413. The highest BCUT2D eigenvalue weighted by molar-refractivity contribution is 6.17. The first kappa shape index (κ1) is 9.09. The van der Waals surface area contributed by atoms with Gasteiger partial charge in [-0.25, -0.2) is 0 Å². The molecular weight excluding hydrogens is 170 g/mol. The molecule has 0 heterocycles. The van der Waals surface area contributed by atoms with Gasteiger partial charge in [0.2, 0.25) is 0 Å². The van der Waals surface area contributed by atoms with Crippen LogP contribution in [0.1, 0.15) is 22.3 Å². The summed E-state index contributed by atoms with van der Waals surface area (Å²) in [5, 5.41) is 8.76. The smallest absolute Gasteiger partial charge is 0.0995 e. The lowest BCUT2D eigenvalue weighted by Gasteiger charge is -2.06. The van der Waals surface area contributed by atoms with Crippen molar-refractivity contribution in [2.75, 3.05) is 0 Å². The van der Waals surface area contributed by atoms with Crippen molar-refractivity contribution in [2.45, 2.75) is 19.7 Å². The molecule has 0 saturated carbocycles. The van der Waals surface area contributed by atoms with Gasteiger partial charge in [0.1, 0.15) is 0 Å². The van der Waals surface area contributed by atoms with Crippen LogP contribution in [0.4, 0.5) is 0 Å². The van der Waals surface area contributed by atoms with Gasteiger partial charge in [0.25, 0.3) is 0 Å². The van der Waals surface area contributed by atoms with E-state index in [1.807, 2.05) is 26.0 Å². The summed E-state index contributed by atoms with van der Waals surface area (Å²) < 4.78 is 0. The van der Waals surface area contributed by atoms with E-state index in [0.29, 0.717) is 11.4 Å². The fourth-order valence-electron chi connectivity index (χ4n) is 1.15. The standard InChI is InChI=1S/C10H10ClN/c1-7-3-4-9(6-12)10(5-11)8(7)2/h3-4H,5H2,1-2H3. The molecule has 1 rings (SSSR count). The van der Waals surface area contributed by atoms with Gasteiger partial charge < -0.3 is 0 Å². The zero-order valence-electron chi connectivity index (χ0n) is 7.19. The maximum Gasteiger partial charge on any atom is 0.0995 e. The number of nitriles is 1. The van der Waals surface area contributed by atoms with Gasteiger partial charge in [0.15, 0.2) is 0 Å². The van der Waals surface area contributed by atoms with Crippen molar-refractivity contribution < 1.29 is 0 Å². The number of hydrogen-bond acceptors (Lipinski definition) is 1. The predicted octanol–water partition coefficient (Wildman–Crippen LogP) is 2.91. The molecule has 0 N–H and O–H groups in total. The number of nitrogens with zero attached hydrogens (tertiary/aromatic N) is 1. The number of aryl methyl sites for hydroxylation is 1. The van der Waals surface area contributed by atoms with Crippen LogP contribution in [0.15, 0.2) is 12.1 Å². The Kier molecular flexibility index (Phi) is 2.73. The minimum absolute atomic E-state index is 0.413. The Morgan fingerprint density at radius 1 is 1.42 bits per heavy atom. The van der Waals surface area contributed by atoms with Crippen LogP contribution >= 0.6 is 11.6 Å². The van der Waals surface area contributed by atoms with Crippen LogP contribution in [0.3, 0.4) is 0 Å². The number of halogens is 1. The topological polar surface area (TPSA) is 23.8 Å². The van der Waals surface area contributed by atoms with E-state index in [-0.39, 0.29) is 0 Å². The predicted molar refractivity (Wildman–Crippen MR) is 50.2 cm³/mol. The van der Waals surface area contributed by atoms with Crippen LogP contribution < -0.4 is 0 Å². The Hall–Kier alpha value is -1.00. The molecule has 62 valence electrons. The Morgan fingerprint density at radius 2 is 2.08 bits per heavy atom. The lowest BCUT2D eigenvalue weighted by molar-refractivity contribution is 1.22. The summed E-state index contributed by atoms with van der Waals surface area (Å²) in [4.78, 5) is 0. The van der Waals surface area contributed by atoms with Crippen molar-refractivity contribution in [3.05, 3.63) is 34.4 Å².